The molecule has 0 bridgehead atoms. The normalized spacial score (nSPS) is 10.5. The van der Waals surface area contributed by atoms with E-state index < -0.39 is 5.97 Å². The lowest BCUT2D eigenvalue weighted by Crippen LogP contribution is -2.23. The third-order valence-electron chi connectivity index (χ3n) is 3.75. The Kier molecular flexibility index (Phi) is 5.72. The summed E-state index contributed by atoms with van der Waals surface area (Å²) in [5, 5.41) is 11.5. The largest absolute Gasteiger partial charge is 0.480 e. The second-order valence-electron chi connectivity index (χ2n) is 5.00. The minimum Gasteiger partial charge on any atom is -0.480 e. The molecule has 116 valence electrons. The highest BCUT2D eigenvalue weighted by molar-refractivity contribution is 5.76. The van der Waals surface area contributed by atoms with Crippen molar-refractivity contribution in [2.24, 2.45) is 0 Å². The van der Waals surface area contributed by atoms with Crippen LogP contribution in [0.3, 0.4) is 0 Å². The first kappa shape index (κ1) is 17.0. The van der Waals surface area contributed by atoms with Crippen LogP contribution in [0.4, 0.5) is 5.69 Å². The van der Waals surface area contributed by atoms with Crippen LogP contribution in [0.25, 0.3) is 0 Å². The molecule has 0 unspecified atom stereocenters. The molecule has 0 aliphatic rings. The van der Waals surface area contributed by atoms with Gasteiger partial charge < -0.3 is 20.9 Å². The number of nitrogen functional groups attached to an aromatic ring is 1. The van der Waals surface area contributed by atoms with Crippen molar-refractivity contribution in [2.75, 3.05) is 19.4 Å². The molecule has 1 aromatic carbocycles. The van der Waals surface area contributed by atoms with Crippen molar-refractivity contribution in [3.8, 4) is 0 Å². The topological polar surface area (TPSA) is 102 Å². The Bertz CT molecular complexity index is 568. The average molecular weight is 294 g/mol. The first-order chi connectivity index (χ1) is 9.79. The van der Waals surface area contributed by atoms with E-state index in [1.54, 1.807) is 0 Å². The minimum absolute atomic E-state index is 0.126. The van der Waals surface area contributed by atoms with Gasteiger partial charge in [0.15, 0.2) is 0 Å². The van der Waals surface area contributed by atoms with Gasteiger partial charge >= 0.3 is 11.9 Å². The summed E-state index contributed by atoms with van der Waals surface area (Å²) in [6.45, 7) is 5.95. The zero-order chi connectivity index (χ0) is 16.2. The smallest absolute Gasteiger partial charge is 0.317 e. The Balaban J connectivity index is 3.18. The predicted octanol–water partition coefficient (Wildman–Crippen LogP) is 1.08. The summed E-state index contributed by atoms with van der Waals surface area (Å²) >= 11 is 0. The number of carbonyl (C=O) groups is 2. The molecule has 6 nitrogen and oxygen atoms in total. The fourth-order valence-corrected chi connectivity index (χ4v) is 2.39. The molecule has 0 amide bonds. The van der Waals surface area contributed by atoms with Crippen molar-refractivity contribution in [1.29, 1.82) is 0 Å². The first-order valence-corrected chi connectivity index (χ1v) is 6.65. The number of carboxylic acid groups (broad SMARTS) is 1. The molecule has 0 saturated heterocycles. The Morgan fingerprint density at radius 2 is 1.71 bits per heavy atom. The van der Waals surface area contributed by atoms with Gasteiger partial charge in [-0.3, -0.25) is 9.59 Å². The van der Waals surface area contributed by atoms with Crippen molar-refractivity contribution < 1.29 is 19.4 Å². The number of rotatable bonds is 6. The van der Waals surface area contributed by atoms with Crippen LogP contribution < -0.4 is 11.1 Å². The zero-order valence-electron chi connectivity index (χ0n) is 12.9. The molecule has 0 fully saturated rings. The number of aliphatic carboxylic acids is 1. The van der Waals surface area contributed by atoms with Gasteiger partial charge in [-0.15, -0.1) is 0 Å². The molecule has 0 saturated carbocycles. The maximum atomic E-state index is 11.5. The van der Waals surface area contributed by atoms with Gasteiger partial charge in [-0.1, -0.05) is 0 Å². The summed E-state index contributed by atoms with van der Waals surface area (Å²) in [6, 6.07) is 0. The average Bonchev–Trinajstić information content (AvgIpc) is 2.44. The molecule has 0 aliphatic heterocycles. The SMILES string of the molecule is COC(=O)Cc1c(C)c(N)c(C)c(CNCC(=O)O)c1C. The number of hydrogen-bond donors (Lipinski definition) is 3. The molecule has 6 heteroatoms. The Hall–Kier alpha value is -2.08. The van der Waals surface area contributed by atoms with Crippen molar-refractivity contribution in [3.63, 3.8) is 0 Å². The monoisotopic (exact) mass is 294 g/mol. The number of nitrogens with two attached hydrogens (primary N) is 1. The van der Waals surface area contributed by atoms with E-state index in [1.165, 1.54) is 7.11 Å². The first-order valence-electron chi connectivity index (χ1n) is 6.65. The minimum atomic E-state index is -0.917. The van der Waals surface area contributed by atoms with Crippen LogP contribution in [-0.4, -0.2) is 30.7 Å². The standard InChI is InChI=1S/C15H22N2O4/c1-8-11(5-14(20)21-4)9(2)15(16)10(3)12(8)6-17-7-13(18)19/h17H,5-7,16H2,1-4H3,(H,18,19). The lowest BCUT2D eigenvalue weighted by Gasteiger charge is -2.20. The maximum Gasteiger partial charge on any atom is 0.317 e. The van der Waals surface area contributed by atoms with E-state index in [-0.39, 0.29) is 18.9 Å². The van der Waals surface area contributed by atoms with Crippen molar-refractivity contribution in [3.05, 3.63) is 27.8 Å². The van der Waals surface area contributed by atoms with Crippen molar-refractivity contribution in [1.82, 2.24) is 5.32 Å². The Morgan fingerprint density at radius 1 is 1.14 bits per heavy atom. The molecule has 1 rings (SSSR count). The third kappa shape index (κ3) is 3.95. The number of benzene rings is 1. The van der Waals surface area contributed by atoms with E-state index in [2.05, 4.69) is 5.32 Å². The molecule has 0 spiro atoms. The fourth-order valence-electron chi connectivity index (χ4n) is 2.39. The number of anilines is 1. The summed E-state index contributed by atoms with van der Waals surface area (Å²) in [4.78, 5) is 22.1. The van der Waals surface area contributed by atoms with E-state index in [0.717, 1.165) is 27.8 Å². The van der Waals surface area contributed by atoms with Crippen LogP contribution in [0.15, 0.2) is 0 Å². The van der Waals surface area contributed by atoms with E-state index in [4.69, 9.17) is 15.6 Å². The number of esters is 1. The second-order valence-corrected chi connectivity index (χ2v) is 5.00. The summed E-state index contributed by atoms with van der Waals surface area (Å²) < 4.78 is 4.71. The fraction of sp³-hybridized carbons (Fsp3) is 0.467. The van der Waals surface area contributed by atoms with Gasteiger partial charge in [0, 0.05) is 12.2 Å². The molecule has 0 heterocycles. The van der Waals surface area contributed by atoms with E-state index in [1.807, 2.05) is 20.8 Å². The highest BCUT2D eigenvalue weighted by atomic mass is 16.5. The van der Waals surface area contributed by atoms with E-state index in [0.29, 0.717) is 12.2 Å². The lowest BCUT2D eigenvalue weighted by molar-refractivity contribution is -0.140. The van der Waals surface area contributed by atoms with E-state index >= 15 is 0 Å². The maximum absolute atomic E-state index is 11.5. The van der Waals surface area contributed by atoms with Crippen LogP contribution in [0.5, 0.6) is 0 Å². The number of carbonyl (C=O) groups excluding carboxylic acids is 1. The molecule has 0 radical (unpaired) electrons. The van der Waals surface area contributed by atoms with Crippen LogP contribution >= 0.6 is 0 Å². The third-order valence-corrected chi connectivity index (χ3v) is 3.75. The molecule has 0 aromatic heterocycles. The number of carboxylic acids is 1. The summed E-state index contributed by atoms with van der Waals surface area (Å²) in [5.74, 6) is -1.24. The highest BCUT2D eigenvalue weighted by Gasteiger charge is 2.17. The number of ether oxygens (including phenoxy) is 1. The van der Waals surface area contributed by atoms with Gasteiger partial charge in [0.05, 0.1) is 20.1 Å². The summed E-state index contributed by atoms with van der Waals surface area (Å²) in [6.07, 6.45) is 0.157. The molecule has 4 N–H and O–H groups in total. The van der Waals surface area contributed by atoms with Gasteiger partial charge in [-0.25, -0.2) is 0 Å². The predicted molar refractivity (Wildman–Crippen MR) is 80.1 cm³/mol. The zero-order valence-corrected chi connectivity index (χ0v) is 12.9. The van der Waals surface area contributed by atoms with E-state index in [9.17, 15) is 9.59 Å². The van der Waals surface area contributed by atoms with Gasteiger partial charge in [0.1, 0.15) is 0 Å². The van der Waals surface area contributed by atoms with Crippen molar-refractivity contribution in [2.45, 2.75) is 33.7 Å². The van der Waals surface area contributed by atoms with Gasteiger partial charge in [-0.05, 0) is 48.6 Å². The van der Waals surface area contributed by atoms with Crippen LogP contribution in [0.2, 0.25) is 0 Å². The van der Waals surface area contributed by atoms with Gasteiger partial charge in [0.2, 0.25) is 0 Å². The van der Waals surface area contributed by atoms with Crippen molar-refractivity contribution >= 4 is 17.6 Å². The quantitative estimate of drug-likeness (QED) is 0.536. The second kappa shape index (κ2) is 7.08. The molecular weight excluding hydrogens is 272 g/mol. The number of methoxy groups -OCH3 is 1. The van der Waals surface area contributed by atoms with Gasteiger partial charge in [0.25, 0.3) is 0 Å². The van der Waals surface area contributed by atoms with Crippen LogP contribution in [-0.2, 0) is 27.3 Å². The Morgan fingerprint density at radius 3 is 2.24 bits per heavy atom. The number of hydrogen-bond acceptors (Lipinski definition) is 5. The summed E-state index contributed by atoms with van der Waals surface area (Å²) in [5.41, 5.74) is 11.2. The Labute approximate surface area is 124 Å². The molecule has 0 aliphatic carbocycles. The molecule has 1 aromatic rings. The van der Waals surface area contributed by atoms with Crippen LogP contribution in [0.1, 0.15) is 27.8 Å². The lowest BCUT2D eigenvalue weighted by atomic mass is 9.90. The summed E-state index contributed by atoms with van der Waals surface area (Å²) in [7, 11) is 1.35. The highest BCUT2D eigenvalue weighted by Crippen LogP contribution is 2.29. The number of nitrogens with one attached hydrogen (secondary N) is 1. The molecule has 0 atom stereocenters. The van der Waals surface area contributed by atoms with Gasteiger partial charge in [-0.2, -0.15) is 0 Å². The molecule has 21 heavy (non-hydrogen) atoms. The van der Waals surface area contributed by atoms with Crippen LogP contribution in [0, 0.1) is 20.8 Å². The molecular formula is C15H22N2O4.